The Kier molecular flexibility index (Phi) is 4.65. The van der Waals surface area contributed by atoms with Crippen LogP contribution in [0.4, 0.5) is 20.2 Å². The van der Waals surface area contributed by atoms with E-state index in [2.05, 4.69) is 4.72 Å². The van der Waals surface area contributed by atoms with Crippen molar-refractivity contribution >= 4 is 31.4 Å². The Morgan fingerprint density at radius 2 is 1.73 bits per heavy atom. The maximum absolute atomic E-state index is 13.3. The zero-order valence-electron chi connectivity index (χ0n) is 13.7. The Morgan fingerprint density at radius 1 is 1.08 bits per heavy atom. The minimum atomic E-state index is -4.25. The second kappa shape index (κ2) is 6.51. The van der Waals surface area contributed by atoms with Crippen LogP contribution in [0.3, 0.4) is 0 Å². The van der Waals surface area contributed by atoms with Gasteiger partial charge in [-0.05, 0) is 43.2 Å². The molecule has 0 saturated carbocycles. The number of nitrogens with zero attached hydrogens (tertiary/aromatic N) is 1. The highest BCUT2D eigenvalue weighted by atomic mass is 32.2. The van der Waals surface area contributed by atoms with Gasteiger partial charge in [-0.3, -0.25) is 9.03 Å². The highest BCUT2D eigenvalue weighted by Crippen LogP contribution is 2.30. The van der Waals surface area contributed by atoms with E-state index >= 15 is 0 Å². The van der Waals surface area contributed by atoms with Crippen LogP contribution >= 0.6 is 0 Å². The number of benzene rings is 2. The van der Waals surface area contributed by atoms with E-state index in [1.165, 1.54) is 10.4 Å². The van der Waals surface area contributed by atoms with Crippen LogP contribution in [0.1, 0.15) is 12.0 Å². The number of hydrogen-bond acceptors (Lipinski definition) is 4. The second-order valence-electron chi connectivity index (χ2n) is 5.95. The predicted octanol–water partition coefficient (Wildman–Crippen LogP) is 2.61. The summed E-state index contributed by atoms with van der Waals surface area (Å²) in [6.07, 6.45) is 0.486. The van der Waals surface area contributed by atoms with Gasteiger partial charge in [0.2, 0.25) is 10.0 Å². The first-order valence-electron chi connectivity index (χ1n) is 7.68. The molecule has 3 rings (SSSR count). The van der Waals surface area contributed by atoms with E-state index in [9.17, 15) is 25.6 Å². The molecule has 0 amide bonds. The Morgan fingerprint density at radius 3 is 2.31 bits per heavy atom. The van der Waals surface area contributed by atoms with Crippen molar-refractivity contribution in [2.45, 2.75) is 18.2 Å². The van der Waals surface area contributed by atoms with Crippen molar-refractivity contribution in [2.24, 2.45) is 0 Å². The molecule has 0 unspecified atom stereocenters. The van der Waals surface area contributed by atoms with E-state index in [1.54, 1.807) is 19.1 Å². The molecule has 140 valence electrons. The van der Waals surface area contributed by atoms with Gasteiger partial charge in [0, 0.05) is 12.6 Å². The number of sulfonamides is 2. The molecule has 2 aromatic rings. The Hall–Kier alpha value is -2.20. The number of rotatable bonds is 4. The number of nitrogens with one attached hydrogen (secondary N) is 1. The third kappa shape index (κ3) is 3.65. The van der Waals surface area contributed by atoms with Crippen LogP contribution in [0, 0.1) is 18.6 Å². The Balaban J connectivity index is 1.98. The molecule has 0 spiro atoms. The average Bonchev–Trinajstić information content (AvgIpc) is 2.88. The van der Waals surface area contributed by atoms with Crippen molar-refractivity contribution < 1.29 is 25.6 Å². The van der Waals surface area contributed by atoms with Crippen LogP contribution in [-0.4, -0.2) is 29.1 Å². The minimum absolute atomic E-state index is 0.0322. The van der Waals surface area contributed by atoms with Gasteiger partial charge in [0.25, 0.3) is 10.0 Å². The molecule has 10 heteroatoms. The minimum Gasteiger partial charge on any atom is -0.279 e. The van der Waals surface area contributed by atoms with Crippen LogP contribution in [0.2, 0.25) is 0 Å². The topological polar surface area (TPSA) is 83.6 Å². The van der Waals surface area contributed by atoms with Crippen LogP contribution in [0.25, 0.3) is 0 Å². The number of hydrogen-bond donors (Lipinski definition) is 1. The molecule has 1 fully saturated rings. The fourth-order valence-electron chi connectivity index (χ4n) is 2.69. The van der Waals surface area contributed by atoms with Crippen LogP contribution < -0.4 is 9.03 Å². The fraction of sp³-hybridized carbons (Fsp3) is 0.250. The quantitative estimate of drug-likeness (QED) is 0.852. The van der Waals surface area contributed by atoms with E-state index in [0.717, 1.165) is 0 Å². The van der Waals surface area contributed by atoms with Gasteiger partial charge in [-0.2, -0.15) is 0 Å². The highest BCUT2D eigenvalue weighted by Gasteiger charge is 2.29. The number of anilines is 2. The molecule has 1 heterocycles. The van der Waals surface area contributed by atoms with Crippen molar-refractivity contribution in [3.8, 4) is 0 Å². The summed E-state index contributed by atoms with van der Waals surface area (Å²) in [7, 11) is -7.67. The molecular formula is C16H16F2N2O4S2. The number of halogens is 2. The SMILES string of the molecule is Cc1ccc(N2CCCS2(=O)=O)cc1NS(=O)(=O)c1cc(F)cc(F)c1. The van der Waals surface area contributed by atoms with E-state index in [4.69, 9.17) is 0 Å². The first-order chi connectivity index (χ1) is 12.1. The second-order valence-corrected chi connectivity index (χ2v) is 9.65. The van der Waals surface area contributed by atoms with Crippen molar-refractivity contribution in [3.63, 3.8) is 0 Å². The lowest BCUT2D eigenvalue weighted by Gasteiger charge is -2.19. The first-order valence-corrected chi connectivity index (χ1v) is 10.8. The summed E-state index contributed by atoms with van der Waals surface area (Å²) < 4.78 is 79.1. The molecule has 6 nitrogen and oxygen atoms in total. The van der Waals surface area contributed by atoms with Gasteiger partial charge in [-0.1, -0.05) is 6.07 Å². The molecule has 0 radical (unpaired) electrons. The molecule has 0 atom stereocenters. The molecule has 1 aliphatic heterocycles. The van der Waals surface area contributed by atoms with E-state index in [1.807, 2.05) is 0 Å². The summed E-state index contributed by atoms with van der Waals surface area (Å²) in [6.45, 7) is 1.94. The summed E-state index contributed by atoms with van der Waals surface area (Å²) in [5.41, 5.74) is 0.997. The summed E-state index contributed by atoms with van der Waals surface area (Å²) in [5.74, 6) is -2.00. The van der Waals surface area contributed by atoms with Gasteiger partial charge >= 0.3 is 0 Å². The van der Waals surface area contributed by atoms with Crippen molar-refractivity contribution in [2.75, 3.05) is 21.3 Å². The molecule has 26 heavy (non-hydrogen) atoms. The van der Waals surface area contributed by atoms with Gasteiger partial charge < -0.3 is 0 Å². The first kappa shape index (κ1) is 18.6. The van der Waals surface area contributed by atoms with Gasteiger partial charge in [-0.15, -0.1) is 0 Å². The number of aryl methyl sites for hydroxylation is 1. The monoisotopic (exact) mass is 402 g/mol. The zero-order chi connectivity index (χ0) is 19.1. The van der Waals surface area contributed by atoms with Crippen molar-refractivity contribution in [3.05, 3.63) is 53.6 Å². The zero-order valence-corrected chi connectivity index (χ0v) is 15.4. The van der Waals surface area contributed by atoms with E-state index < -0.39 is 36.6 Å². The van der Waals surface area contributed by atoms with Crippen molar-refractivity contribution in [1.82, 2.24) is 0 Å². The van der Waals surface area contributed by atoms with Crippen LogP contribution in [0.5, 0.6) is 0 Å². The van der Waals surface area contributed by atoms with Crippen LogP contribution in [-0.2, 0) is 20.0 Å². The van der Waals surface area contributed by atoms with Crippen molar-refractivity contribution in [1.29, 1.82) is 0 Å². The molecule has 1 N–H and O–H groups in total. The standard InChI is InChI=1S/C16H16F2N2O4S2/c1-11-3-4-14(20-5-2-6-25(20,21)22)10-16(11)19-26(23,24)15-8-12(17)7-13(18)9-15/h3-4,7-10,19H,2,5-6H2,1H3. The van der Waals surface area contributed by atoms with E-state index in [0.29, 0.717) is 42.4 Å². The predicted molar refractivity (Wildman–Crippen MR) is 94.1 cm³/mol. The lowest BCUT2D eigenvalue weighted by atomic mass is 10.2. The van der Waals surface area contributed by atoms with Gasteiger partial charge in [0.05, 0.1) is 22.0 Å². The summed E-state index contributed by atoms with van der Waals surface area (Å²) in [6, 6.07) is 6.53. The normalized spacial score (nSPS) is 16.7. The average molecular weight is 402 g/mol. The van der Waals surface area contributed by atoms with Crippen LogP contribution in [0.15, 0.2) is 41.3 Å². The largest absolute Gasteiger partial charge is 0.279 e. The summed E-state index contributed by atoms with van der Waals surface area (Å²) in [5, 5.41) is 0. The lowest BCUT2D eigenvalue weighted by molar-refractivity contribution is 0.568. The summed E-state index contributed by atoms with van der Waals surface area (Å²) >= 11 is 0. The third-order valence-corrected chi connectivity index (χ3v) is 7.21. The van der Waals surface area contributed by atoms with E-state index in [-0.39, 0.29) is 11.4 Å². The Labute approximate surface area is 150 Å². The fourth-order valence-corrected chi connectivity index (χ4v) is 5.41. The summed E-state index contributed by atoms with van der Waals surface area (Å²) in [4.78, 5) is -0.561. The molecule has 1 saturated heterocycles. The lowest BCUT2D eigenvalue weighted by Crippen LogP contribution is -2.25. The maximum atomic E-state index is 13.3. The molecule has 0 bridgehead atoms. The molecule has 0 aliphatic carbocycles. The maximum Gasteiger partial charge on any atom is 0.262 e. The smallest absolute Gasteiger partial charge is 0.262 e. The van der Waals surface area contributed by atoms with Gasteiger partial charge in [-0.25, -0.2) is 25.6 Å². The molecule has 2 aromatic carbocycles. The third-order valence-electron chi connectivity index (χ3n) is 4.00. The molecule has 0 aromatic heterocycles. The Bertz CT molecular complexity index is 1050. The highest BCUT2D eigenvalue weighted by molar-refractivity contribution is 7.93. The van der Waals surface area contributed by atoms with Gasteiger partial charge in [0.1, 0.15) is 11.6 Å². The molecule has 1 aliphatic rings. The molecular weight excluding hydrogens is 386 g/mol. The van der Waals surface area contributed by atoms with Gasteiger partial charge in [0.15, 0.2) is 0 Å².